The van der Waals surface area contributed by atoms with E-state index in [4.69, 9.17) is 23.7 Å². The highest BCUT2D eigenvalue weighted by molar-refractivity contribution is 4.96. The van der Waals surface area contributed by atoms with E-state index in [2.05, 4.69) is 0 Å². The average Bonchev–Trinajstić information content (AvgIpc) is 2.83. The first kappa shape index (κ1) is 27.9. The van der Waals surface area contributed by atoms with Gasteiger partial charge in [-0.3, -0.25) is 0 Å². The highest BCUT2D eigenvalue weighted by Crippen LogP contribution is 2.32. The van der Waals surface area contributed by atoms with Gasteiger partial charge in [0, 0.05) is 0 Å². The van der Waals surface area contributed by atoms with Gasteiger partial charge in [-0.2, -0.15) is 0 Å². The summed E-state index contributed by atoms with van der Waals surface area (Å²) in [4.78, 5) is 0. The molecule has 0 bridgehead atoms. The van der Waals surface area contributed by atoms with Gasteiger partial charge in [0.1, 0.15) is 73.2 Å². The Morgan fingerprint density at radius 1 is 0.441 bits per heavy atom. The maximum Gasteiger partial charge on any atom is 0.187 e. The zero-order chi connectivity index (χ0) is 25.3. The minimum absolute atomic E-state index is 0.741. The molecule has 0 saturated carbocycles. The van der Waals surface area contributed by atoms with E-state index in [1.807, 2.05) is 0 Å². The molecule has 0 aliphatic carbocycles. The van der Waals surface area contributed by atoms with Gasteiger partial charge in [-0.05, 0) is 0 Å². The number of ether oxygens (including phenoxy) is 5. The predicted octanol–water partition coefficient (Wildman–Crippen LogP) is -7.57. The normalized spacial score (nSPS) is 52.5. The van der Waals surface area contributed by atoms with Crippen LogP contribution in [0.25, 0.3) is 0 Å². The maximum absolute atomic E-state index is 10.6. The second-order valence-corrected chi connectivity index (χ2v) is 8.33. The SMILES string of the molecule is OC[C@H]1O[C@@H](O[C@H]2[C@H](O)[C@H](O)[C@H](O[C@H]3[C@H](O)[C@@H](O)[C@H](O)O[C@@H]3CO)O[C@@H]2CO)[C@H](O)[C@@H](O)[C@@H]1O. The van der Waals surface area contributed by atoms with E-state index in [0.29, 0.717) is 0 Å². The summed E-state index contributed by atoms with van der Waals surface area (Å²) in [5.41, 5.74) is 0. The van der Waals surface area contributed by atoms with Gasteiger partial charge in [-0.1, -0.05) is 0 Å². The van der Waals surface area contributed by atoms with E-state index >= 15 is 0 Å². The molecule has 0 spiro atoms. The third kappa shape index (κ3) is 5.37. The molecule has 15 atom stereocenters. The predicted molar refractivity (Wildman–Crippen MR) is 101 cm³/mol. The Hall–Kier alpha value is -0.640. The zero-order valence-corrected chi connectivity index (χ0v) is 17.7. The topological polar surface area (TPSA) is 269 Å². The monoisotopic (exact) mass is 504 g/mol. The first-order valence-electron chi connectivity index (χ1n) is 10.6. The molecular weight excluding hydrogens is 472 g/mol. The Kier molecular flexibility index (Phi) is 9.54. The molecular formula is C18H32O16. The highest BCUT2D eigenvalue weighted by atomic mass is 16.8. The Bertz CT molecular complexity index is 635. The number of aliphatic hydroxyl groups is 11. The van der Waals surface area contributed by atoms with E-state index in [1.54, 1.807) is 0 Å². The van der Waals surface area contributed by atoms with E-state index < -0.39 is 112 Å². The smallest absolute Gasteiger partial charge is 0.187 e. The maximum atomic E-state index is 10.6. The van der Waals surface area contributed by atoms with Gasteiger partial charge in [0.05, 0.1) is 19.8 Å². The highest BCUT2D eigenvalue weighted by Gasteiger charge is 2.53. The van der Waals surface area contributed by atoms with Crippen LogP contribution < -0.4 is 0 Å². The van der Waals surface area contributed by atoms with E-state index in [0.717, 1.165) is 0 Å². The molecule has 16 heteroatoms. The van der Waals surface area contributed by atoms with Gasteiger partial charge in [0.15, 0.2) is 18.9 Å². The van der Waals surface area contributed by atoms with Gasteiger partial charge in [0.25, 0.3) is 0 Å². The van der Waals surface area contributed by atoms with Crippen LogP contribution in [0.4, 0.5) is 0 Å². The van der Waals surface area contributed by atoms with Gasteiger partial charge in [0.2, 0.25) is 0 Å². The molecule has 3 fully saturated rings. The molecule has 0 amide bonds. The Balaban J connectivity index is 1.72. The van der Waals surface area contributed by atoms with Crippen molar-refractivity contribution in [2.45, 2.75) is 92.1 Å². The van der Waals surface area contributed by atoms with Gasteiger partial charge < -0.3 is 79.9 Å². The van der Waals surface area contributed by atoms with Crippen molar-refractivity contribution in [3.8, 4) is 0 Å². The zero-order valence-electron chi connectivity index (χ0n) is 17.7. The van der Waals surface area contributed by atoms with E-state index in [-0.39, 0.29) is 0 Å². The van der Waals surface area contributed by atoms with Crippen molar-refractivity contribution < 1.29 is 79.9 Å². The van der Waals surface area contributed by atoms with Crippen molar-refractivity contribution in [1.29, 1.82) is 0 Å². The lowest BCUT2D eigenvalue weighted by Crippen LogP contribution is -2.66. The molecule has 3 heterocycles. The Morgan fingerprint density at radius 3 is 1.35 bits per heavy atom. The molecule has 0 radical (unpaired) electrons. The van der Waals surface area contributed by atoms with Crippen molar-refractivity contribution in [3.63, 3.8) is 0 Å². The minimum atomic E-state index is -1.91. The summed E-state index contributed by atoms with van der Waals surface area (Å²) in [6.07, 6.45) is -25.1. The summed E-state index contributed by atoms with van der Waals surface area (Å²) in [6.45, 7) is -2.32. The van der Waals surface area contributed by atoms with Gasteiger partial charge in [-0.15, -0.1) is 0 Å². The minimum Gasteiger partial charge on any atom is -0.394 e. The first-order valence-corrected chi connectivity index (χ1v) is 10.6. The van der Waals surface area contributed by atoms with Crippen molar-refractivity contribution in [2.24, 2.45) is 0 Å². The van der Waals surface area contributed by atoms with Gasteiger partial charge in [-0.25, -0.2) is 0 Å². The molecule has 34 heavy (non-hydrogen) atoms. The summed E-state index contributed by atoms with van der Waals surface area (Å²) in [7, 11) is 0. The van der Waals surface area contributed by atoms with Crippen molar-refractivity contribution in [2.75, 3.05) is 19.8 Å². The summed E-state index contributed by atoms with van der Waals surface area (Å²) < 4.78 is 26.4. The van der Waals surface area contributed by atoms with E-state index in [1.165, 1.54) is 0 Å². The Labute approximate surface area is 192 Å². The van der Waals surface area contributed by atoms with Crippen LogP contribution in [0, 0.1) is 0 Å². The second-order valence-electron chi connectivity index (χ2n) is 8.33. The fourth-order valence-corrected chi connectivity index (χ4v) is 4.06. The number of rotatable bonds is 7. The molecule has 16 nitrogen and oxygen atoms in total. The molecule has 11 N–H and O–H groups in total. The Morgan fingerprint density at radius 2 is 0.853 bits per heavy atom. The number of aliphatic hydroxyl groups excluding tert-OH is 11. The lowest BCUT2D eigenvalue weighted by Gasteiger charge is -2.47. The van der Waals surface area contributed by atoms with E-state index in [9.17, 15) is 56.2 Å². The van der Waals surface area contributed by atoms with Crippen LogP contribution in [0.5, 0.6) is 0 Å². The number of hydrogen-bond donors (Lipinski definition) is 11. The van der Waals surface area contributed by atoms with Crippen LogP contribution in [-0.4, -0.2) is 168 Å². The summed E-state index contributed by atoms with van der Waals surface area (Å²) in [6, 6.07) is 0. The fraction of sp³-hybridized carbons (Fsp3) is 1.00. The quantitative estimate of drug-likeness (QED) is 0.154. The van der Waals surface area contributed by atoms with Crippen molar-refractivity contribution >= 4 is 0 Å². The summed E-state index contributed by atoms with van der Waals surface area (Å²) in [5, 5.41) is 109. The molecule has 0 aromatic heterocycles. The van der Waals surface area contributed by atoms with Crippen LogP contribution in [-0.2, 0) is 23.7 Å². The number of hydrogen-bond acceptors (Lipinski definition) is 16. The van der Waals surface area contributed by atoms with Crippen LogP contribution in [0.15, 0.2) is 0 Å². The molecule has 0 aromatic rings. The van der Waals surface area contributed by atoms with Crippen LogP contribution in [0.3, 0.4) is 0 Å². The summed E-state index contributed by atoms with van der Waals surface area (Å²) in [5.74, 6) is 0. The standard InChI is InChI=1S/C18H32O16/c19-1-4-7(22)8(23)12(27)17(31-4)34-15-6(3-21)32-18(13(28)10(15)25)33-14-5(2-20)30-16(29)11(26)9(14)24/h4-29H,1-3H2/t4-,5-,6-,7-,8+,9-,10-,11-,12-,13+,14-,15-,16-,17+,18+/m1/s1. The molecule has 200 valence electrons. The second kappa shape index (κ2) is 11.6. The van der Waals surface area contributed by atoms with Crippen molar-refractivity contribution in [1.82, 2.24) is 0 Å². The molecule has 3 aliphatic rings. The molecule has 3 saturated heterocycles. The molecule has 0 aromatic carbocycles. The lowest BCUT2D eigenvalue weighted by molar-refractivity contribution is -0.377. The average molecular weight is 504 g/mol. The van der Waals surface area contributed by atoms with Gasteiger partial charge >= 0.3 is 0 Å². The van der Waals surface area contributed by atoms with Crippen LogP contribution in [0.1, 0.15) is 0 Å². The van der Waals surface area contributed by atoms with Crippen LogP contribution >= 0.6 is 0 Å². The third-order valence-corrected chi connectivity index (χ3v) is 6.09. The molecule has 3 aliphatic heterocycles. The fourth-order valence-electron chi connectivity index (χ4n) is 4.06. The molecule has 3 rings (SSSR count). The van der Waals surface area contributed by atoms with Crippen LogP contribution in [0.2, 0.25) is 0 Å². The van der Waals surface area contributed by atoms with Crippen molar-refractivity contribution in [3.05, 3.63) is 0 Å². The third-order valence-electron chi connectivity index (χ3n) is 6.09. The largest absolute Gasteiger partial charge is 0.394 e. The molecule has 0 unspecified atom stereocenters. The lowest BCUT2D eigenvalue weighted by atomic mass is 9.96. The summed E-state index contributed by atoms with van der Waals surface area (Å²) >= 11 is 0. The first-order chi connectivity index (χ1) is 16.0.